The second kappa shape index (κ2) is 11.3. The van der Waals surface area contributed by atoms with Gasteiger partial charge in [0.15, 0.2) is 0 Å². The molecule has 1 aliphatic carbocycles. The SMILES string of the molecule is CC1(C)c2cc3ccccc3cc2-c2cccc(N(c3ccc4oc5ccccc5c4c3)c3ccccc3-c3ccccc3-c3ccccc3)c21. The third-order valence-electron chi connectivity index (χ3n) is 10.8. The van der Waals surface area contributed by atoms with Crippen LogP contribution in [0.1, 0.15) is 25.0 Å². The van der Waals surface area contributed by atoms with Crippen LogP contribution in [0.3, 0.4) is 0 Å². The summed E-state index contributed by atoms with van der Waals surface area (Å²) < 4.78 is 6.32. The lowest BCUT2D eigenvalue weighted by Crippen LogP contribution is -2.21. The Morgan fingerprint density at radius 1 is 0.431 bits per heavy atom. The summed E-state index contributed by atoms with van der Waals surface area (Å²) in [5.74, 6) is 0. The molecule has 1 aromatic heterocycles. The highest BCUT2D eigenvalue weighted by Gasteiger charge is 2.39. The second-order valence-electron chi connectivity index (χ2n) is 14.1. The molecule has 8 aromatic carbocycles. The minimum atomic E-state index is -0.243. The van der Waals surface area contributed by atoms with E-state index in [1.807, 2.05) is 6.07 Å². The van der Waals surface area contributed by atoms with Crippen molar-refractivity contribution in [1.82, 2.24) is 0 Å². The molecule has 0 atom stereocenters. The van der Waals surface area contributed by atoms with E-state index < -0.39 is 0 Å². The lowest BCUT2D eigenvalue weighted by Gasteiger charge is -2.33. The second-order valence-corrected chi connectivity index (χ2v) is 14.1. The Morgan fingerprint density at radius 2 is 1.06 bits per heavy atom. The van der Waals surface area contributed by atoms with Gasteiger partial charge in [0.25, 0.3) is 0 Å². The van der Waals surface area contributed by atoms with Crippen LogP contribution in [0.25, 0.3) is 66.1 Å². The van der Waals surface area contributed by atoms with E-state index in [2.05, 4.69) is 189 Å². The number of anilines is 3. The highest BCUT2D eigenvalue weighted by molar-refractivity contribution is 6.07. The summed E-state index contributed by atoms with van der Waals surface area (Å²) >= 11 is 0. The molecule has 0 radical (unpaired) electrons. The normalized spacial score (nSPS) is 13.1. The average molecular weight is 654 g/mol. The maximum atomic E-state index is 6.32. The van der Waals surface area contributed by atoms with Crippen molar-refractivity contribution in [2.24, 2.45) is 0 Å². The summed E-state index contributed by atoms with van der Waals surface area (Å²) in [4.78, 5) is 2.49. The Labute approximate surface area is 297 Å². The number of hydrogen-bond donors (Lipinski definition) is 0. The zero-order chi connectivity index (χ0) is 34.1. The van der Waals surface area contributed by atoms with Crippen LogP contribution in [0.2, 0.25) is 0 Å². The number of para-hydroxylation sites is 2. The topological polar surface area (TPSA) is 16.4 Å². The van der Waals surface area contributed by atoms with E-state index in [9.17, 15) is 0 Å². The first-order valence-electron chi connectivity index (χ1n) is 17.7. The van der Waals surface area contributed by atoms with Gasteiger partial charge in [0, 0.05) is 27.4 Å². The molecule has 0 bridgehead atoms. The molecule has 0 N–H and O–H groups in total. The third kappa shape index (κ3) is 4.57. The number of rotatable bonds is 5. The Balaban J connectivity index is 1.27. The Hall–Kier alpha value is -6.38. The fourth-order valence-electron chi connectivity index (χ4n) is 8.47. The van der Waals surface area contributed by atoms with Crippen LogP contribution in [0, 0.1) is 0 Å². The molecule has 2 heteroatoms. The molecule has 0 saturated heterocycles. The van der Waals surface area contributed by atoms with Gasteiger partial charge in [0.2, 0.25) is 0 Å². The molecule has 10 rings (SSSR count). The zero-order valence-corrected chi connectivity index (χ0v) is 28.6. The molecule has 0 saturated carbocycles. The van der Waals surface area contributed by atoms with Crippen molar-refractivity contribution < 1.29 is 4.42 Å². The van der Waals surface area contributed by atoms with E-state index in [4.69, 9.17) is 4.42 Å². The van der Waals surface area contributed by atoms with Crippen molar-refractivity contribution in [2.75, 3.05) is 4.90 Å². The molecule has 0 fully saturated rings. The highest BCUT2D eigenvalue weighted by Crippen LogP contribution is 2.56. The first kappa shape index (κ1) is 29.5. The van der Waals surface area contributed by atoms with Crippen LogP contribution < -0.4 is 4.90 Å². The summed E-state index contributed by atoms with van der Waals surface area (Å²) in [5, 5.41) is 4.77. The molecule has 2 nitrogen and oxygen atoms in total. The van der Waals surface area contributed by atoms with Gasteiger partial charge in [0.1, 0.15) is 11.2 Å². The highest BCUT2D eigenvalue weighted by atomic mass is 16.3. The van der Waals surface area contributed by atoms with Gasteiger partial charge in [-0.2, -0.15) is 0 Å². The molecule has 0 unspecified atom stereocenters. The molecular weight excluding hydrogens is 619 g/mol. The van der Waals surface area contributed by atoms with Crippen LogP contribution in [0.15, 0.2) is 180 Å². The number of furan rings is 1. The summed E-state index contributed by atoms with van der Waals surface area (Å²) in [6, 6.07) is 63.7. The largest absolute Gasteiger partial charge is 0.456 e. The zero-order valence-electron chi connectivity index (χ0n) is 28.6. The van der Waals surface area contributed by atoms with E-state index in [1.165, 1.54) is 61.0 Å². The third-order valence-corrected chi connectivity index (χ3v) is 10.8. The molecule has 51 heavy (non-hydrogen) atoms. The maximum Gasteiger partial charge on any atom is 0.135 e. The van der Waals surface area contributed by atoms with Crippen LogP contribution in [-0.2, 0) is 5.41 Å². The summed E-state index contributed by atoms with van der Waals surface area (Å²) in [7, 11) is 0. The van der Waals surface area contributed by atoms with Crippen LogP contribution >= 0.6 is 0 Å². The number of hydrogen-bond acceptors (Lipinski definition) is 2. The monoisotopic (exact) mass is 653 g/mol. The number of nitrogens with zero attached hydrogens (tertiary/aromatic N) is 1. The molecular formula is C49H35NO. The Kier molecular flexibility index (Phi) is 6.56. The fraction of sp³-hybridized carbons (Fsp3) is 0.0612. The van der Waals surface area contributed by atoms with E-state index in [1.54, 1.807) is 0 Å². The number of benzene rings is 8. The average Bonchev–Trinajstić information content (AvgIpc) is 3.66. The van der Waals surface area contributed by atoms with Crippen LogP contribution in [0.5, 0.6) is 0 Å². The summed E-state index contributed by atoms with van der Waals surface area (Å²) in [6.07, 6.45) is 0. The van der Waals surface area contributed by atoms with Crippen molar-refractivity contribution in [1.29, 1.82) is 0 Å². The molecule has 0 spiro atoms. The van der Waals surface area contributed by atoms with Gasteiger partial charge in [-0.3, -0.25) is 0 Å². The van der Waals surface area contributed by atoms with E-state index in [0.717, 1.165) is 33.3 Å². The molecule has 1 heterocycles. The number of fused-ring (bicyclic) bond motifs is 7. The molecule has 9 aromatic rings. The molecule has 242 valence electrons. The standard InChI is InChI=1S/C49H35NO/c1-49(2)43-30-34-18-7-6-17-33(34)29-41(43)40-23-14-25-45(48(40)49)50(35-27-28-47-42(31-35)39-22-11-13-26-46(39)51-47)44-24-12-10-21-38(44)37-20-9-8-19-36(37)32-15-4-3-5-16-32/h3-31H,1-2H3. The fourth-order valence-corrected chi connectivity index (χ4v) is 8.47. The van der Waals surface area contributed by atoms with E-state index >= 15 is 0 Å². The summed E-state index contributed by atoms with van der Waals surface area (Å²) in [5.41, 5.74) is 15.0. The van der Waals surface area contributed by atoms with Gasteiger partial charge in [0.05, 0.1) is 11.4 Å². The van der Waals surface area contributed by atoms with Gasteiger partial charge in [-0.15, -0.1) is 0 Å². The minimum Gasteiger partial charge on any atom is -0.456 e. The maximum absolute atomic E-state index is 6.32. The van der Waals surface area contributed by atoms with Gasteiger partial charge >= 0.3 is 0 Å². The lowest BCUT2D eigenvalue weighted by atomic mass is 9.80. The summed E-state index contributed by atoms with van der Waals surface area (Å²) in [6.45, 7) is 4.77. The van der Waals surface area contributed by atoms with Gasteiger partial charge in [-0.05, 0) is 98.2 Å². The minimum absolute atomic E-state index is 0.243. The first-order valence-corrected chi connectivity index (χ1v) is 17.7. The quantitative estimate of drug-likeness (QED) is 0.184. The first-order chi connectivity index (χ1) is 25.1. The predicted molar refractivity (Wildman–Crippen MR) is 214 cm³/mol. The van der Waals surface area contributed by atoms with E-state index in [-0.39, 0.29) is 5.41 Å². The smallest absolute Gasteiger partial charge is 0.135 e. The van der Waals surface area contributed by atoms with Crippen molar-refractivity contribution in [3.05, 3.63) is 187 Å². The van der Waals surface area contributed by atoms with Crippen molar-refractivity contribution in [2.45, 2.75) is 19.3 Å². The van der Waals surface area contributed by atoms with Crippen molar-refractivity contribution >= 4 is 49.8 Å². The van der Waals surface area contributed by atoms with Crippen LogP contribution in [0.4, 0.5) is 17.1 Å². The predicted octanol–water partition coefficient (Wildman–Crippen LogP) is 13.8. The Morgan fingerprint density at radius 3 is 1.90 bits per heavy atom. The lowest BCUT2D eigenvalue weighted by molar-refractivity contribution is 0.661. The van der Waals surface area contributed by atoms with Crippen molar-refractivity contribution in [3.8, 4) is 33.4 Å². The Bertz CT molecular complexity index is 2790. The van der Waals surface area contributed by atoms with Gasteiger partial charge in [-0.25, -0.2) is 0 Å². The molecule has 1 aliphatic rings. The van der Waals surface area contributed by atoms with Crippen LogP contribution in [-0.4, -0.2) is 0 Å². The van der Waals surface area contributed by atoms with Crippen molar-refractivity contribution in [3.63, 3.8) is 0 Å². The molecule has 0 aliphatic heterocycles. The van der Waals surface area contributed by atoms with E-state index in [0.29, 0.717) is 0 Å². The van der Waals surface area contributed by atoms with Gasteiger partial charge in [-0.1, -0.05) is 141 Å². The van der Waals surface area contributed by atoms with Gasteiger partial charge < -0.3 is 9.32 Å². The molecule has 0 amide bonds.